The highest BCUT2D eigenvalue weighted by Gasteiger charge is 2.41. The average Bonchev–Trinajstić information content (AvgIpc) is 2.76. The number of hydrogen-bond acceptors (Lipinski definition) is 7. The van der Waals surface area contributed by atoms with Crippen molar-refractivity contribution in [1.29, 1.82) is 0 Å². The summed E-state index contributed by atoms with van der Waals surface area (Å²) in [5.74, 6) is 1.59. The van der Waals surface area contributed by atoms with E-state index in [4.69, 9.17) is 23.7 Å². The van der Waals surface area contributed by atoms with Crippen LogP contribution in [0.5, 0.6) is 23.0 Å². The molecule has 30 heavy (non-hydrogen) atoms. The molecule has 0 fully saturated rings. The van der Waals surface area contributed by atoms with Crippen LogP contribution in [-0.4, -0.2) is 59.5 Å². The zero-order valence-electron chi connectivity index (χ0n) is 18.4. The SMILES string of the molecule is COc1cc(C(=O)OCC2(N(C)C)CCOc3ccc(C)cc32)cc(OC)c1OC. The van der Waals surface area contributed by atoms with Crippen molar-refractivity contribution in [2.75, 3.05) is 48.6 Å². The van der Waals surface area contributed by atoms with Gasteiger partial charge in [-0.15, -0.1) is 0 Å². The molecule has 7 nitrogen and oxygen atoms in total. The van der Waals surface area contributed by atoms with Crippen LogP contribution in [0.25, 0.3) is 0 Å². The van der Waals surface area contributed by atoms with Crippen LogP contribution in [0.15, 0.2) is 30.3 Å². The van der Waals surface area contributed by atoms with Crippen molar-refractivity contribution in [2.24, 2.45) is 0 Å². The summed E-state index contributed by atoms with van der Waals surface area (Å²) in [6.45, 7) is 2.78. The van der Waals surface area contributed by atoms with E-state index in [1.807, 2.05) is 33.2 Å². The Morgan fingerprint density at radius 2 is 1.73 bits per heavy atom. The molecule has 0 aliphatic carbocycles. The first-order valence-corrected chi connectivity index (χ1v) is 9.74. The second-order valence-electron chi connectivity index (χ2n) is 7.51. The molecule has 2 aromatic rings. The third-order valence-corrected chi connectivity index (χ3v) is 5.61. The largest absolute Gasteiger partial charge is 0.493 e. The van der Waals surface area contributed by atoms with Crippen LogP contribution >= 0.6 is 0 Å². The number of methoxy groups -OCH3 is 3. The third-order valence-electron chi connectivity index (χ3n) is 5.61. The van der Waals surface area contributed by atoms with Gasteiger partial charge in [0.1, 0.15) is 12.4 Å². The van der Waals surface area contributed by atoms with E-state index in [-0.39, 0.29) is 6.61 Å². The average molecular weight is 415 g/mol. The summed E-state index contributed by atoms with van der Waals surface area (Å²) in [4.78, 5) is 15.0. The predicted octanol–water partition coefficient (Wildman–Crippen LogP) is 3.42. The van der Waals surface area contributed by atoms with Crippen molar-refractivity contribution < 1.29 is 28.5 Å². The molecule has 0 saturated heterocycles. The van der Waals surface area contributed by atoms with Crippen LogP contribution in [0.1, 0.15) is 27.9 Å². The fourth-order valence-electron chi connectivity index (χ4n) is 3.81. The first kappa shape index (κ1) is 21.8. The number of rotatable bonds is 7. The lowest BCUT2D eigenvalue weighted by atomic mass is 9.83. The molecule has 0 amide bonds. The van der Waals surface area contributed by atoms with Crippen LogP contribution in [0.2, 0.25) is 0 Å². The molecule has 3 rings (SSSR count). The van der Waals surface area contributed by atoms with E-state index in [0.717, 1.165) is 16.9 Å². The van der Waals surface area contributed by atoms with Crippen molar-refractivity contribution in [2.45, 2.75) is 18.9 Å². The Hall–Kier alpha value is -2.93. The van der Waals surface area contributed by atoms with E-state index in [1.165, 1.54) is 21.3 Å². The van der Waals surface area contributed by atoms with Gasteiger partial charge in [-0.3, -0.25) is 4.90 Å². The maximum Gasteiger partial charge on any atom is 0.338 e. The standard InChI is InChI=1S/C23H29NO6/c1-15-7-8-18-17(11-15)23(24(2)3,9-10-29-18)14-30-22(25)16-12-19(26-4)21(28-6)20(13-16)27-5/h7-8,11-13H,9-10,14H2,1-6H3. The van der Waals surface area contributed by atoms with E-state index in [9.17, 15) is 4.79 Å². The Morgan fingerprint density at radius 3 is 2.30 bits per heavy atom. The van der Waals surface area contributed by atoms with E-state index < -0.39 is 11.5 Å². The van der Waals surface area contributed by atoms with E-state index in [2.05, 4.69) is 11.0 Å². The number of fused-ring (bicyclic) bond motifs is 1. The van der Waals surface area contributed by atoms with Crippen LogP contribution < -0.4 is 18.9 Å². The lowest BCUT2D eigenvalue weighted by Crippen LogP contribution is -2.49. The molecule has 0 bridgehead atoms. The first-order chi connectivity index (χ1) is 14.4. The molecule has 7 heteroatoms. The minimum absolute atomic E-state index is 0.190. The smallest absolute Gasteiger partial charge is 0.338 e. The molecule has 1 unspecified atom stereocenters. The van der Waals surface area contributed by atoms with E-state index >= 15 is 0 Å². The summed E-state index contributed by atoms with van der Waals surface area (Å²) >= 11 is 0. The number of benzene rings is 2. The van der Waals surface area contributed by atoms with E-state index in [0.29, 0.717) is 35.8 Å². The zero-order chi connectivity index (χ0) is 21.9. The number of esters is 1. The Labute approximate surface area is 177 Å². The lowest BCUT2D eigenvalue weighted by Gasteiger charge is -2.43. The molecule has 0 N–H and O–H groups in total. The molecular weight excluding hydrogens is 386 g/mol. The first-order valence-electron chi connectivity index (χ1n) is 9.74. The summed E-state index contributed by atoms with van der Waals surface area (Å²) in [5.41, 5.74) is 2.00. The van der Waals surface area contributed by atoms with Gasteiger partial charge in [0.05, 0.1) is 39.0 Å². The monoisotopic (exact) mass is 415 g/mol. The van der Waals surface area contributed by atoms with E-state index in [1.54, 1.807) is 12.1 Å². The van der Waals surface area contributed by atoms with Crippen molar-refractivity contribution in [1.82, 2.24) is 4.90 Å². The molecule has 1 atom stereocenters. The minimum atomic E-state index is -0.476. The van der Waals surface area contributed by atoms with Gasteiger partial charge in [-0.2, -0.15) is 0 Å². The second-order valence-corrected chi connectivity index (χ2v) is 7.51. The zero-order valence-corrected chi connectivity index (χ0v) is 18.4. The Morgan fingerprint density at radius 1 is 1.07 bits per heavy atom. The number of likely N-dealkylation sites (N-methyl/N-ethyl adjacent to an activating group) is 1. The second kappa shape index (κ2) is 8.83. The van der Waals surface area contributed by atoms with Gasteiger partial charge in [0.2, 0.25) is 5.75 Å². The number of aryl methyl sites for hydroxylation is 1. The molecule has 0 saturated carbocycles. The third kappa shape index (κ3) is 3.89. The minimum Gasteiger partial charge on any atom is -0.493 e. The van der Waals surface area contributed by atoms with Gasteiger partial charge in [0, 0.05) is 12.0 Å². The molecule has 1 aliphatic heterocycles. The number of ether oxygens (including phenoxy) is 5. The Kier molecular flexibility index (Phi) is 6.41. The summed E-state index contributed by atoms with van der Waals surface area (Å²) in [5, 5.41) is 0. The summed E-state index contributed by atoms with van der Waals surface area (Å²) in [7, 11) is 8.52. The van der Waals surface area contributed by atoms with Crippen LogP contribution in [0.3, 0.4) is 0 Å². The van der Waals surface area contributed by atoms with Crippen LogP contribution in [-0.2, 0) is 10.3 Å². The molecule has 162 valence electrons. The number of hydrogen-bond donors (Lipinski definition) is 0. The summed E-state index contributed by atoms with van der Waals surface area (Å²) in [6.07, 6.45) is 0.707. The fourth-order valence-corrected chi connectivity index (χ4v) is 3.81. The molecule has 0 radical (unpaired) electrons. The quantitative estimate of drug-likeness (QED) is 0.642. The van der Waals surface area contributed by atoms with Gasteiger partial charge in [0.15, 0.2) is 11.5 Å². The number of carbonyl (C=O) groups is 1. The number of carbonyl (C=O) groups excluding carboxylic acids is 1. The molecule has 1 aliphatic rings. The van der Waals surface area contributed by atoms with Gasteiger partial charge in [0.25, 0.3) is 0 Å². The maximum atomic E-state index is 12.9. The van der Waals surface area contributed by atoms with Gasteiger partial charge in [-0.1, -0.05) is 17.7 Å². The predicted molar refractivity (Wildman–Crippen MR) is 113 cm³/mol. The van der Waals surface area contributed by atoms with Gasteiger partial charge < -0.3 is 23.7 Å². The normalized spacial score (nSPS) is 17.7. The topological polar surface area (TPSA) is 66.5 Å². The lowest BCUT2D eigenvalue weighted by molar-refractivity contribution is -0.00280. The molecule has 2 aromatic carbocycles. The number of nitrogens with zero attached hydrogens (tertiary/aromatic N) is 1. The Bertz CT molecular complexity index is 901. The molecule has 1 heterocycles. The summed E-state index contributed by atoms with van der Waals surface area (Å²) in [6, 6.07) is 9.28. The van der Waals surface area contributed by atoms with Crippen molar-refractivity contribution in [3.63, 3.8) is 0 Å². The maximum absolute atomic E-state index is 12.9. The highest BCUT2D eigenvalue weighted by atomic mass is 16.5. The van der Waals surface area contributed by atoms with Gasteiger partial charge in [-0.05, 0) is 39.2 Å². The fraction of sp³-hybridized carbons (Fsp3) is 0.435. The van der Waals surface area contributed by atoms with Gasteiger partial charge in [-0.25, -0.2) is 4.79 Å². The van der Waals surface area contributed by atoms with Crippen LogP contribution in [0.4, 0.5) is 0 Å². The summed E-state index contributed by atoms with van der Waals surface area (Å²) < 4.78 is 27.7. The Balaban J connectivity index is 1.91. The highest BCUT2D eigenvalue weighted by molar-refractivity contribution is 5.91. The molecule has 0 aromatic heterocycles. The molecule has 0 spiro atoms. The van der Waals surface area contributed by atoms with Crippen molar-refractivity contribution in [3.05, 3.63) is 47.0 Å². The van der Waals surface area contributed by atoms with Crippen molar-refractivity contribution >= 4 is 5.97 Å². The molecular formula is C23H29NO6. The van der Waals surface area contributed by atoms with Gasteiger partial charge >= 0.3 is 5.97 Å². The van der Waals surface area contributed by atoms with Crippen molar-refractivity contribution in [3.8, 4) is 23.0 Å². The van der Waals surface area contributed by atoms with Crippen LogP contribution in [0, 0.1) is 6.92 Å². The highest BCUT2D eigenvalue weighted by Crippen LogP contribution is 2.42.